The molecule has 5 nitrogen and oxygen atoms in total. The van der Waals surface area contributed by atoms with E-state index in [1.54, 1.807) is 24.5 Å². The Labute approximate surface area is 159 Å². The Bertz CT molecular complexity index is 1370. The van der Waals surface area contributed by atoms with E-state index in [2.05, 4.69) is 15.1 Å². The Morgan fingerprint density at radius 3 is 2.75 bits per heavy atom. The van der Waals surface area contributed by atoms with Crippen molar-refractivity contribution in [2.45, 2.75) is 6.54 Å². The number of H-pyrrole nitrogens is 1. The summed E-state index contributed by atoms with van der Waals surface area (Å²) in [6, 6.07) is 16.2. The monoisotopic (exact) mass is 370 g/mol. The first-order valence-electron chi connectivity index (χ1n) is 8.86. The van der Waals surface area contributed by atoms with E-state index in [1.807, 2.05) is 41.2 Å². The second-order valence-corrected chi connectivity index (χ2v) is 6.63. The first kappa shape index (κ1) is 16.4. The fourth-order valence-electron chi connectivity index (χ4n) is 3.49. The van der Waals surface area contributed by atoms with Gasteiger partial charge in [0.25, 0.3) is 5.56 Å². The Hall–Kier alpha value is -3.80. The molecule has 0 fully saturated rings. The van der Waals surface area contributed by atoms with Crippen molar-refractivity contribution >= 4 is 21.7 Å². The Morgan fingerprint density at radius 2 is 1.89 bits per heavy atom. The lowest BCUT2D eigenvalue weighted by molar-refractivity contribution is 0.630. The highest BCUT2D eigenvalue weighted by molar-refractivity contribution is 6.10. The summed E-state index contributed by atoms with van der Waals surface area (Å²) in [4.78, 5) is 19.7. The zero-order valence-corrected chi connectivity index (χ0v) is 14.8. The number of aromatic nitrogens is 4. The van der Waals surface area contributed by atoms with Crippen LogP contribution in [0.2, 0.25) is 0 Å². The van der Waals surface area contributed by atoms with Gasteiger partial charge in [-0.2, -0.15) is 5.10 Å². The van der Waals surface area contributed by atoms with Crippen LogP contribution in [0.1, 0.15) is 5.56 Å². The smallest absolute Gasteiger partial charge is 0.258 e. The summed E-state index contributed by atoms with van der Waals surface area (Å²) in [6.45, 7) is 0.640. The summed E-state index contributed by atoms with van der Waals surface area (Å²) in [5.74, 6) is -0.394. The summed E-state index contributed by atoms with van der Waals surface area (Å²) in [5.41, 5.74) is 2.86. The SMILES string of the molecule is O=c1[nH]ccc2nc(-c3cnn(Cc4ccccc4)c3)c3ccc(F)cc3c12. The summed E-state index contributed by atoms with van der Waals surface area (Å²) in [6.07, 6.45) is 5.20. The Kier molecular flexibility index (Phi) is 3.76. The van der Waals surface area contributed by atoms with Crippen molar-refractivity contribution in [1.29, 1.82) is 0 Å². The number of fused-ring (bicyclic) bond motifs is 3. The first-order chi connectivity index (χ1) is 13.7. The van der Waals surface area contributed by atoms with Gasteiger partial charge in [0, 0.05) is 28.7 Å². The maximum Gasteiger partial charge on any atom is 0.258 e. The first-order valence-corrected chi connectivity index (χ1v) is 8.86. The molecule has 28 heavy (non-hydrogen) atoms. The fraction of sp³-hybridized carbons (Fsp3) is 0.0455. The van der Waals surface area contributed by atoms with Gasteiger partial charge in [-0.1, -0.05) is 30.3 Å². The maximum absolute atomic E-state index is 13.9. The van der Waals surface area contributed by atoms with Crippen LogP contribution in [0.4, 0.5) is 4.39 Å². The largest absolute Gasteiger partial charge is 0.328 e. The minimum absolute atomic E-state index is 0.285. The molecule has 2 aromatic carbocycles. The van der Waals surface area contributed by atoms with Crippen LogP contribution in [0.25, 0.3) is 32.9 Å². The van der Waals surface area contributed by atoms with Crippen molar-refractivity contribution in [2.24, 2.45) is 0 Å². The highest BCUT2D eigenvalue weighted by Gasteiger charge is 2.14. The zero-order chi connectivity index (χ0) is 19.1. The molecule has 6 heteroatoms. The van der Waals surface area contributed by atoms with Gasteiger partial charge in [0.05, 0.1) is 29.3 Å². The number of hydrogen-bond acceptors (Lipinski definition) is 3. The maximum atomic E-state index is 13.9. The van der Waals surface area contributed by atoms with Crippen molar-refractivity contribution in [2.75, 3.05) is 0 Å². The van der Waals surface area contributed by atoms with E-state index in [4.69, 9.17) is 0 Å². The molecule has 5 aromatic rings. The second-order valence-electron chi connectivity index (χ2n) is 6.63. The molecule has 0 spiro atoms. The molecule has 1 N–H and O–H groups in total. The van der Waals surface area contributed by atoms with Gasteiger partial charge in [-0.15, -0.1) is 0 Å². The molecule has 0 saturated carbocycles. The molecular weight excluding hydrogens is 355 g/mol. The Morgan fingerprint density at radius 1 is 1.04 bits per heavy atom. The molecule has 0 saturated heterocycles. The molecule has 0 amide bonds. The van der Waals surface area contributed by atoms with Crippen LogP contribution in [0.3, 0.4) is 0 Å². The lowest BCUT2D eigenvalue weighted by Crippen LogP contribution is -2.06. The number of benzene rings is 2. The number of pyridine rings is 2. The topological polar surface area (TPSA) is 63.6 Å². The molecule has 0 radical (unpaired) electrons. The van der Waals surface area contributed by atoms with Gasteiger partial charge in [-0.3, -0.25) is 9.48 Å². The second kappa shape index (κ2) is 6.42. The molecule has 0 atom stereocenters. The van der Waals surface area contributed by atoms with Crippen LogP contribution in [-0.4, -0.2) is 19.7 Å². The fourth-order valence-corrected chi connectivity index (χ4v) is 3.49. The van der Waals surface area contributed by atoms with E-state index in [0.717, 1.165) is 11.1 Å². The van der Waals surface area contributed by atoms with E-state index in [-0.39, 0.29) is 5.56 Å². The van der Waals surface area contributed by atoms with Crippen molar-refractivity contribution in [3.8, 4) is 11.3 Å². The van der Waals surface area contributed by atoms with Crippen molar-refractivity contribution in [3.05, 3.63) is 94.9 Å². The third-order valence-electron chi connectivity index (χ3n) is 4.77. The third-order valence-corrected chi connectivity index (χ3v) is 4.77. The molecule has 0 aliphatic carbocycles. The molecule has 0 bridgehead atoms. The third kappa shape index (κ3) is 2.75. The standard InChI is InChI=1S/C22H15FN4O/c23-16-6-7-17-18(10-16)20-19(8-9-24-22(20)28)26-21(17)15-11-25-27(13-15)12-14-4-2-1-3-5-14/h1-11,13H,12H2,(H,24,28). The summed E-state index contributed by atoms with van der Waals surface area (Å²) in [5, 5.41) is 6.08. The molecule has 136 valence electrons. The van der Waals surface area contributed by atoms with Gasteiger partial charge in [0.2, 0.25) is 0 Å². The highest BCUT2D eigenvalue weighted by Crippen LogP contribution is 2.31. The highest BCUT2D eigenvalue weighted by atomic mass is 19.1. The van der Waals surface area contributed by atoms with Crippen LogP contribution in [0, 0.1) is 5.82 Å². The number of rotatable bonds is 3. The van der Waals surface area contributed by atoms with Gasteiger partial charge < -0.3 is 4.98 Å². The van der Waals surface area contributed by atoms with Crippen LogP contribution in [0.5, 0.6) is 0 Å². The minimum Gasteiger partial charge on any atom is -0.328 e. The minimum atomic E-state index is -0.394. The predicted octanol–water partition coefficient (Wildman–Crippen LogP) is 4.13. The quantitative estimate of drug-likeness (QED) is 0.486. The van der Waals surface area contributed by atoms with Gasteiger partial charge in [-0.25, -0.2) is 9.37 Å². The predicted molar refractivity (Wildman–Crippen MR) is 107 cm³/mol. The normalized spacial score (nSPS) is 11.3. The van der Waals surface area contributed by atoms with Crippen LogP contribution in [0.15, 0.2) is 78.0 Å². The van der Waals surface area contributed by atoms with Gasteiger partial charge in [0.15, 0.2) is 0 Å². The summed E-state index contributed by atoms with van der Waals surface area (Å²) < 4.78 is 15.8. The number of nitrogens with one attached hydrogen (secondary N) is 1. The van der Waals surface area contributed by atoms with E-state index in [0.29, 0.717) is 33.9 Å². The number of halogens is 1. The van der Waals surface area contributed by atoms with Crippen LogP contribution >= 0.6 is 0 Å². The lowest BCUT2D eigenvalue weighted by atomic mass is 10.0. The van der Waals surface area contributed by atoms with Crippen LogP contribution < -0.4 is 5.56 Å². The number of aromatic amines is 1. The van der Waals surface area contributed by atoms with Crippen molar-refractivity contribution < 1.29 is 4.39 Å². The number of hydrogen-bond donors (Lipinski definition) is 1. The lowest BCUT2D eigenvalue weighted by Gasteiger charge is -2.08. The van der Waals surface area contributed by atoms with Crippen LogP contribution in [-0.2, 0) is 6.54 Å². The van der Waals surface area contributed by atoms with E-state index in [9.17, 15) is 9.18 Å². The average Bonchev–Trinajstić information content (AvgIpc) is 3.16. The van der Waals surface area contributed by atoms with E-state index < -0.39 is 5.82 Å². The molecule has 5 rings (SSSR count). The summed E-state index contributed by atoms with van der Waals surface area (Å²) >= 11 is 0. The van der Waals surface area contributed by atoms with Gasteiger partial charge in [-0.05, 0) is 29.8 Å². The van der Waals surface area contributed by atoms with E-state index in [1.165, 1.54) is 12.1 Å². The summed E-state index contributed by atoms with van der Waals surface area (Å²) in [7, 11) is 0. The molecule has 0 unspecified atom stereocenters. The zero-order valence-electron chi connectivity index (χ0n) is 14.8. The number of nitrogens with zero attached hydrogens (tertiary/aromatic N) is 3. The van der Waals surface area contributed by atoms with Crippen molar-refractivity contribution in [1.82, 2.24) is 19.7 Å². The van der Waals surface area contributed by atoms with Crippen molar-refractivity contribution in [3.63, 3.8) is 0 Å². The molecule has 0 aliphatic heterocycles. The average molecular weight is 370 g/mol. The van der Waals surface area contributed by atoms with Gasteiger partial charge in [0.1, 0.15) is 5.82 Å². The molecule has 3 aromatic heterocycles. The molecular formula is C22H15FN4O. The molecule has 0 aliphatic rings. The molecule has 3 heterocycles. The van der Waals surface area contributed by atoms with E-state index >= 15 is 0 Å². The Balaban J connectivity index is 1.70. The van der Waals surface area contributed by atoms with Gasteiger partial charge >= 0.3 is 0 Å².